The molecule has 0 bridgehead atoms. The van der Waals surface area contributed by atoms with E-state index in [0.29, 0.717) is 0 Å². The van der Waals surface area contributed by atoms with Gasteiger partial charge in [-0.25, -0.2) is 0 Å². The Labute approximate surface area is 265 Å². The largest absolute Gasteiger partial charge is 0.456 e. The number of carbonyl (C=O) groups is 2. The molecule has 1 aliphatic rings. The van der Waals surface area contributed by atoms with Crippen LogP contribution < -0.4 is 0 Å². The van der Waals surface area contributed by atoms with Gasteiger partial charge >= 0.3 is 11.9 Å². The Bertz CT molecular complexity index is 667. The van der Waals surface area contributed by atoms with E-state index in [2.05, 4.69) is 27.7 Å². The van der Waals surface area contributed by atoms with Crippen LogP contribution in [0.3, 0.4) is 0 Å². The van der Waals surface area contributed by atoms with Crippen molar-refractivity contribution in [2.75, 3.05) is 13.2 Å². The predicted octanol–water partition coefficient (Wildman–Crippen LogP) is 9.88. The van der Waals surface area contributed by atoms with Crippen LogP contribution in [-0.4, -0.2) is 48.6 Å². The van der Waals surface area contributed by atoms with Crippen LogP contribution in [0.5, 0.6) is 0 Å². The number of unbranched alkanes of at least 4 members (excludes halogenated alkanes) is 16. The average Bonchev–Trinajstić information content (AvgIpc) is 3.38. The van der Waals surface area contributed by atoms with Crippen molar-refractivity contribution < 1.29 is 28.9 Å². The zero-order valence-corrected chi connectivity index (χ0v) is 28.8. The van der Waals surface area contributed by atoms with Gasteiger partial charge in [0.1, 0.15) is 6.10 Å². The summed E-state index contributed by atoms with van der Waals surface area (Å²) < 4.78 is 17.9. The highest BCUT2D eigenvalue weighted by atomic mass is 16.6. The minimum Gasteiger partial charge on any atom is -0.456 e. The average molecular weight is 611 g/mol. The molecule has 0 aliphatic carbocycles. The highest BCUT2D eigenvalue weighted by molar-refractivity contribution is 5.74. The van der Waals surface area contributed by atoms with Crippen LogP contribution in [0.4, 0.5) is 0 Å². The number of aliphatic hydroxyl groups excluding tert-OH is 1. The quantitative estimate of drug-likeness (QED) is 0.0670. The summed E-state index contributed by atoms with van der Waals surface area (Å²) in [6.45, 7) is 8.75. The van der Waals surface area contributed by atoms with Crippen LogP contribution in [0, 0.1) is 11.8 Å². The van der Waals surface area contributed by atoms with Gasteiger partial charge in [-0.3, -0.25) is 9.59 Å². The van der Waals surface area contributed by atoms with Gasteiger partial charge in [-0.15, -0.1) is 0 Å². The minimum atomic E-state index is -0.751. The standard InChI is InChI=1S/C37H70O6/c1-5-9-13-17-19-23-27-31(25-21-15-11-7-3)36(39)42-34-30-41-33(29-38)35(34)43-37(40)32(26-22-16-12-8-4)28-24-20-18-14-10-6-2/h31-35,38H,5-30H2,1-4H3/t31?,32?,33-,34?,35+/m1/s1. The molecule has 0 radical (unpaired) electrons. The van der Waals surface area contributed by atoms with Gasteiger partial charge in [0.15, 0.2) is 12.2 Å². The SMILES string of the molecule is CCCCCCCCC(CCCCCC)C(=O)OC1CO[C@H](CO)[C@@H]1OC(=O)C(CCCCCC)CCCCCCCC. The second kappa shape index (κ2) is 27.2. The Kier molecular flexibility index (Phi) is 25.2. The van der Waals surface area contributed by atoms with Crippen molar-refractivity contribution in [2.24, 2.45) is 11.8 Å². The molecular formula is C37H70O6. The second-order valence-electron chi connectivity index (χ2n) is 13.1. The molecule has 0 amide bonds. The number of hydrogen-bond donors (Lipinski definition) is 1. The summed E-state index contributed by atoms with van der Waals surface area (Å²) in [5.41, 5.74) is 0. The Morgan fingerprint density at radius 3 is 1.33 bits per heavy atom. The molecule has 0 aromatic rings. The lowest BCUT2D eigenvalue weighted by atomic mass is 9.94. The normalized spacial score (nSPS) is 19.8. The molecule has 5 atom stereocenters. The first-order valence-corrected chi connectivity index (χ1v) is 18.7. The van der Waals surface area contributed by atoms with Crippen LogP contribution in [0.25, 0.3) is 0 Å². The first-order valence-electron chi connectivity index (χ1n) is 18.7. The zero-order chi connectivity index (χ0) is 31.5. The molecule has 0 aromatic carbocycles. The number of aliphatic hydroxyl groups is 1. The van der Waals surface area contributed by atoms with Crippen LogP contribution in [0.2, 0.25) is 0 Å². The summed E-state index contributed by atoms with van der Waals surface area (Å²) in [5, 5.41) is 10.0. The van der Waals surface area contributed by atoms with E-state index in [1.54, 1.807) is 0 Å². The smallest absolute Gasteiger partial charge is 0.309 e. The molecule has 254 valence electrons. The Morgan fingerprint density at radius 1 is 0.581 bits per heavy atom. The molecule has 0 saturated carbocycles. The summed E-state index contributed by atoms with van der Waals surface area (Å²) in [6, 6.07) is 0. The molecule has 0 aromatic heterocycles. The van der Waals surface area contributed by atoms with Crippen molar-refractivity contribution in [3.8, 4) is 0 Å². The first kappa shape index (κ1) is 39.9. The summed E-state index contributed by atoms with van der Waals surface area (Å²) in [4.78, 5) is 27.0. The van der Waals surface area contributed by atoms with Gasteiger partial charge in [0, 0.05) is 0 Å². The number of rotatable bonds is 29. The molecule has 0 spiro atoms. The predicted molar refractivity (Wildman–Crippen MR) is 177 cm³/mol. The molecule has 1 N–H and O–H groups in total. The van der Waals surface area contributed by atoms with Crippen LogP contribution in [-0.2, 0) is 23.8 Å². The fourth-order valence-corrected chi connectivity index (χ4v) is 6.27. The third kappa shape index (κ3) is 18.4. The van der Waals surface area contributed by atoms with Crippen molar-refractivity contribution in [3.63, 3.8) is 0 Å². The molecule has 1 aliphatic heterocycles. The lowest BCUT2D eigenvalue weighted by molar-refractivity contribution is -0.172. The molecule has 1 heterocycles. The van der Waals surface area contributed by atoms with Crippen LogP contribution in [0.1, 0.15) is 182 Å². The van der Waals surface area contributed by atoms with Gasteiger partial charge in [-0.05, 0) is 25.7 Å². The van der Waals surface area contributed by atoms with E-state index >= 15 is 0 Å². The highest BCUT2D eigenvalue weighted by Crippen LogP contribution is 2.28. The fraction of sp³-hybridized carbons (Fsp3) is 0.946. The zero-order valence-electron chi connectivity index (χ0n) is 28.8. The number of ether oxygens (including phenoxy) is 3. The van der Waals surface area contributed by atoms with Gasteiger partial charge in [0.25, 0.3) is 0 Å². The minimum absolute atomic E-state index is 0.133. The lowest BCUT2D eigenvalue weighted by Crippen LogP contribution is -2.41. The van der Waals surface area contributed by atoms with Crippen LogP contribution >= 0.6 is 0 Å². The monoisotopic (exact) mass is 611 g/mol. The van der Waals surface area contributed by atoms with Crippen molar-refractivity contribution in [2.45, 2.75) is 200 Å². The maximum absolute atomic E-state index is 13.5. The first-order chi connectivity index (χ1) is 21.0. The van der Waals surface area contributed by atoms with E-state index < -0.39 is 18.3 Å². The van der Waals surface area contributed by atoms with E-state index in [9.17, 15) is 14.7 Å². The Balaban J connectivity index is 2.80. The molecule has 3 unspecified atom stereocenters. The molecule has 43 heavy (non-hydrogen) atoms. The van der Waals surface area contributed by atoms with Crippen LogP contribution in [0.15, 0.2) is 0 Å². The number of esters is 2. The topological polar surface area (TPSA) is 82.1 Å². The summed E-state index contributed by atoms with van der Waals surface area (Å²) >= 11 is 0. The number of hydrogen-bond acceptors (Lipinski definition) is 6. The molecule has 1 saturated heterocycles. The molecular weight excluding hydrogens is 540 g/mol. The fourth-order valence-electron chi connectivity index (χ4n) is 6.27. The second-order valence-corrected chi connectivity index (χ2v) is 13.1. The summed E-state index contributed by atoms with van der Waals surface area (Å²) in [6.07, 6.45) is 24.6. The van der Waals surface area contributed by atoms with Crippen molar-refractivity contribution in [3.05, 3.63) is 0 Å². The van der Waals surface area contributed by atoms with Gasteiger partial charge in [-0.1, -0.05) is 156 Å². The summed E-state index contributed by atoms with van der Waals surface area (Å²) in [7, 11) is 0. The third-order valence-electron chi connectivity index (χ3n) is 9.20. The van der Waals surface area contributed by atoms with Gasteiger partial charge in [0.2, 0.25) is 0 Å². The van der Waals surface area contributed by atoms with Gasteiger partial charge in [-0.2, -0.15) is 0 Å². The van der Waals surface area contributed by atoms with Gasteiger partial charge in [0.05, 0.1) is 25.0 Å². The maximum Gasteiger partial charge on any atom is 0.309 e. The number of carbonyl (C=O) groups excluding carboxylic acids is 2. The Morgan fingerprint density at radius 2 is 0.930 bits per heavy atom. The maximum atomic E-state index is 13.5. The molecule has 1 rings (SSSR count). The summed E-state index contributed by atoms with van der Waals surface area (Å²) in [5.74, 6) is -0.699. The molecule has 6 nitrogen and oxygen atoms in total. The van der Waals surface area contributed by atoms with E-state index in [4.69, 9.17) is 14.2 Å². The van der Waals surface area contributed by atoms with Crippen molar-refractivity contribution in [1.82, 2.24) is 0 Å². The molecule has 1 fully saturated rings. The highest BCUT2D eigenvalue weighted by Gasteiger charge is 2.44. The van der Waals surface area contributed by atoms with E-state index in [1.807, 2.05) is 0 Å². The Hall–Kier alpha value is -1.14. The van der Waals surface area contributed by atoms with Crippen molar-refractivity contribution in [1.29, 1.82) is 0 Å². The van der Waals surface area contributed by atoms with Crippen molar-refractivity contribution >= 4 is 11.9 Å². The third-order valence-corrected chi connectivity index (χ3v) is 9.20. The lowest BCUT2D eigenvalue weighted by Gasteiger charge is -2.26. The van der Waals surface area contributed by atoms with E-state index in [1.165, 1.54) is 70.6 Å². The molecule has 6 heteroatoms. The van der Waals surface area contributed by atoms with E-state index in [0.717, 1.165) is 83.5 Å². The van der Waals surface area contributed by atoms with Gasteiger partial charge < -0.3 is 19.3 Å². The van der Waals surface area contributed by atoms with E-state index in [-0.39, 0.29) is 37.0 Å².